The van der Waals surface area contributed by atoms with Gasteiger partial charge in [0.05, 0.1) is 0 Å². The molecule has 0 heterocycles. The number of hydrogen-bond donors (Lipinski definition) is 0. The van der Waals surface area contributed by atoms with Crippen LogP contribution in [0.3, 0.4) is 0 Å². The molecule has 0 amide bonds. The summed E-state index contributed by atoms with van der Waals surface area (Å²) in [6.07, 6.45) is 0.596. The zero-order valence-electron chi connectivity index (χ0n) is 10.3. The van der Waals surface area contributed by atoms with Gasteiger partial charge in [0.2, 0.25) is 0 Å². The van der Waals surface area contributed by atoms with Gasteiger partial charge in [-0.25, -0.2) is 0 Å². The number of Topliss-reactive ketones (excluding diaryl/α,β-unsaturated/α-hetero) is 1. The van der Waals surface area contributed by atoms with Gasteiger partial charge in [0.15, 0.2) is 0 Å². The normalized spacial score (nSPS) is 25.7. The van der Waals surface area contributed by atoms with Crippen LogP contribution >= 0.6 is 23.2 Å². The van der Waals surface area contributed by atoms with Crippen molar-refractivity contribution in [2.75, 3.05) is 0 Å². The monoisotopic (exact) mass is 270 g/mol. The molecule has 1 aromatic carbocycles. The summed E-state index contributed by atoms with van der Waals surface area (Å²) < 4.78 is 0. The van der Waals surface area contributed by atoms with Crippen LogP contribution in [0.25, 0.3) is 0 Å². The van der Waals surface area contributed by atoms with Gasteiger partial charge >= 0.3 is 0 Å². The van der Waals surface area contributed by atoms with E-state index in [1.54, 1.807) is 6.07 Å². The molecule has 1 saturated carbocycles. The van der Waals surface area contributed by atoms with Crippen LogP contribution in [-0.4, -0.2) is 5.78 Å². The van der Waals surface area contributed by atoms with E-state index < -0.39 is 0 Å². The van der Waals surface area contributed by atoms with E-state index in [2.05, 4.69) is 13.8 Å². The van der Waals surface area contributed by atoms with Crippen molar-refractivity contribution < 1.29 is 4.79 Å². The van der Waals surface area contributed by atoms with Crippen LogP contribution < -0.4 is 0 Å². The highest BCUT2D eigenvalue weighted by Gasteiger charge is 2.61. The number of carbonyl (C=O) groups excluding carboxylic acids is 1. The molecule has 3 heteroatoms. The first-order valence-corrected chi connectivity index (χ1v) is 6.62. The smallest absolute Gasteiger partial charge is 0.136 e. The summed E-state index contributed by atoms with van der Waals surface area (Å²) in [5, 5.41) is 1.27. The van der Waals surface area contributed by atoms with Crippen molar-refractivity contribution >= 4 is 29.0 Å². The minimum atomic E-state index is 0.0289. The topological polar surface area (TPSA) is 17.1 Å². The third-order valence-corrected chi connectivity index (χ3v) is 4.20. The van der Waals surface area contributed by atoms with Crippen LogP contribution in [0.2, 0.25) is 10.0 Å². The number of hydrogen-bond acceptors (Lipinski definition) is 1. The number of halogens is 2. The predicted molar refractivity (Wildman–Crippen MR) is 71.8 cm³/mol. The van der Waals surface area contributed by atoms with E-state index in [1.165, 1.54) is 0 Å². The van der Waals surface area contributed by atoms with E-state index in [1.807, 2.05) is 19.1 Å². The molecule has 0 spiro atoms. The Morgan fingerprint density at radius 2 is 1.76 bits per heavy atom. The Labute approximate surface area is 112 Å². The lowest BCUT2D eigenvalue weighted by Gasteiger charge is -2.04. The third-order valence-electron chi connectivity index (χ3n) is 3.77. The Balaban J connectivity index is 2.33. The Bertz CT molecular complexity index is 445. The maximum atomic E-state index is 11.9. The van der Waals surface area contributed by atoms with Crippen molar-refractivity contribution in [3.63, 3.8) is 0 Å². The van der Waals surface area contributed by atoms with Gasteiger partial charge in [-0.1, -0.05) is 44.0 Å². The second-order valence-electron chi connectivity index (χ2n) is 5.30. The largest absolute Gasteiger partial charge is 0.299 e. The summed E-state index contributed by atoms with van der Waals surface area (Å²) in [5.74, 6) is 0.698. The second-order valence-corrected chi connectivity index (χ2v) is 6.17. The Hall–Kier alpha value is -0.530. The first-order valence-electron chi connectivity index (χ1n) is 5.86. The molecule has 1 fully saturated rings. The molecule has 0 bridgehead atoms. The molecule has 1 aromatic rings. The Kier molecular flexibility index (Phi) is 3.26. The molecule has 2 unspecified atom stereocenters. The van der Waals surface area contributed by atoms with Gasteiger partial charge in [-0.15, -0.1) is 0 Å². The summed E-state index contributed by atoms with van der Waals surface area (Å²) in [5.41, 5.74) is 1.11. The van der Waals surface area contributed by atoms with E-state index in [4.69, 9.17) is 23.2 Å². The van der Waals surface area contributed by atoms with Crippen molar-refractivity contribution in [3.05, 3.63) is 33.8 Å². The lowest BCUT2D eigenvalue weighted by atomic mass is 10.0. The van der Waals surface area contributed by atoms with Crippen molar-refractivity contribution in [1.82, 2.24) is 0 Å². The molecule has 2 atom stereocenters. The van der Waals surface area contributed by atoms with Crippen LogP contribution in [-0.2, 0) is 4.79 Å². The van der Waals surface area contributed by atoms with Gasteiger partial charge in [-0.3, -0.25) is 4.79 Å². The molecule has 0 radical (unpaired) electrons. The highest BCUT2D eigenvalue weighted by Crippen LogP contribution is 2.65. The fourth-order valence-corrected chi connectivity index (χ4v) is 3.38. The lowest BCUT2D eigenvalue weighted by Crippen LogP contribution is -2.03. The van der Waals surface area contributed by atoms with Crippen LogP contribution in [0.4, 0.5) is 0 Å². The third kappa shape index (κ3) is 2.23. The molecular formula is C14H16Cl2O. The van der Waals surface area contributed by atoms with Crippen molar-refractivity contribution in [3.8, 4) is 0 Å². The summed E-state index contributed by atoms with van der Waals surface area (Å²) in [4.78, 5) is 11.9. The van der Waals surface area contributed by atoms with Crippen LogP contribution in [0, 0.1) is 11.3 Å². The van der Waals surface area contributed by atoms with Gasteiger partial charge in [-0.05, 0) is 29.2 Å². The summed E-state index contributed by atoms with van der Waals surface area (Å²) in [6, 6.07) is 5.56. The second kappa shape index (κ2) is 4.29. The molecule has 1 aliphatic rings. The highest BCUT2D eigenvalue weighted by molar-refractivity contribution is 6.34. The van der Waals surface area contributed by atoms with Gasteiger partial charge in [0.25, 0.3) is 0 Å². The van der Waals surface area contributed by atoms with E-state index in [-0.39, 0.29) is 17.3 Å². The Morgan fingerprint density at radius 1 is 1.24 bits per heavy atom. The number of carbonyl (C=O) groups is 1. The SMILES string of the molecule is CCC(=O)C1C(c2cc(Cl)cc(Cl)c2)C1(C)C. The quantitative estimate of drug-likeness (QED) is 0.777. The predicted octanol–water partition coefficient (Wildman–Crippen LogP) is 4.71. The zero-order valence-corrected chi connectivity index (χ0v) is 11.8. The number of ketones is 1. The zero-order chi connectivity index (χ0) is 12.8. The minimum Gasteiger partial charge on any atom is -0.299 e. The van der Waals surface area contributed by atoms with Gasteiger partial charge in [0.1, 0.15) is 5.78 Å². The summed E-state index contributed by atoms with van der Waals surface area (Å²) in [6.45, 7) is 6.17. The Morgan fingerprint density at radius 3 is 2.24 bits per heavy atom. The fourth-order valence-electron chi connectivity index (χ4n) is 2.84. The average Bonchev–Trinajstić information content (AvgIpc) is 2.79. The molecule has 0 aliphatic heterocycles. The van der Waals surface area contributed by atoms with E-state index in [9.17, 15) is 4.79 Å². The van der Waals surface area contributed by atoms with Crippen molar-refractivity contribution in [2.24, 2.45) is 11.3 Å². The fraction of sp³-hybridized carbons (Fsp3) is 0.500. The molecule has 17 heavy (non-hydrogen) atoms. The lowest BCUT2D eigenvalue weighted by molar-refractivity contribution is -0.120. The van der Waals surface area contributed by atoms with Crippen LogP contribution in [0.5, 0.6) is 0 Å². The van der Waals surface area contributed by atoms with Crippen LogP contribution in [0.1, 0.15) is 38.7 Å². The molecule has 0 N–H and O–H groups in total. The van der Waals surface area contributed by atoms with E-state index >= 15 is 0 Å². The maximum Gasteiger partial charge on any atom is 0.136 e. The summed E-state index contributed by atoms with van der Waals surface area (Å²) >= 11 is 12.0. The van der Waals surface area contributed by atoms with E-state index in [0.29, 0.717) is 22.2 Å². The molecular weight excluding hydrogens is 255 g/mol. The van der Waals surface area contributed by atoms with Crippen LogP contribution in [0.15, 0.2) is 18.2 Å². The molecule has 0 saturated heterocycles. The molecule has 2 rings (SSSR count). The summed E-state index contributed by atoms with van der Waals surface area (Å²) in [7, 11) is 0. The minimum absolute atomic E-state index is 0.0289. The van der Waals surface area contributed by atoms with Gasteiger partial charge in [-0.2, -0.15) is 0 Å². The number of benzene rings is 1. The van der Waals surface area contributed by atoms with Crippen molar-refractivity contribution in [2.45, 2.75) is 33.1 Å². The first-order chi connectivity index (χ1) is 7.87. The molecule has 1 aliphatic carbocycles. The highest BCUT2D eigenvalue weighted by atomic mass is 35.5. The van der Waals surface area contributed by atoms with Crippen molar-refractivity contribution in [1.29, 1.82) is 0 Å². The maximum absolute atomic E-state index is 11.9. The number of rotatable bonds is 3. The molecule has 1 nitrogen and oxygen atoms in total. The van der Waals surface area contributed by atoms with Gasteiger partial charge < -0.3 is 0 Å². The molecule has 92 valence electrons. The van der Waals surface area contributed by atoms with E-state index in [0.717, 1.165) is 5.56 Å². The molecule has 0 aromatic heterocycles. The van der Waals surface area contributed by atoms with Gasteiger partial charge in [0, 0.05) is 28.3 Å². The standard InChI is InChI=1S/C14H16Cl2O/c1-4-11(17)13-12(14(13,2)3)8-5-9(15)7-10(16)6-8/h5-7,12-13H,4H2,1-3H3. The average molecular weight is 271 g/mol. The first kappa shape index (κ1) is 12.9.